The maximum Gasteiger partial charge on any atom is 0.231 e. The lowest BCUT2D eigenvalue weighted by Gasteiger charge is -2.24. The lowest BCUT2D eigenvalue weighted by atomic mass is 9.82. The summed E-state index contributed by atoms with van der Waals surface area (Å²) >= 11 is 0. The van der Waals surface area contributed by atoms with E-state index >= 15 is 0 Å². The summed E-state index contributed by atoms with van der Waals surface area (Å²) in [6.07, 6.45) is 4.81. The molecule has 1 aromatic heterocycles. The summed E-state index contributed by atoms with van der Waals surface area (Å²) in [4.78, 5) is 17.0. The molecule has 1 atom stereocenters. The summed E-state index contributed by atoms with van der Waals surface area (Å²) in [7, 11) is 0. The van der Waals surface area contributed by atoms with Crippen molar-refractivity contribution in [1.82, 2.24) is 4.98 Å². The monoisotopic (exact) mass is 294 g/mol. The van der Waals surface area contributed by atoms with Crippen molar-refractivity contribution < 1.29 is 4.79 Å². The summed E-state index contributed by atoms with van der Waals surface area (Å²) in [5.74, 6) is 0.427. The van der Waals surface area contributed by atoms with Gasteiger partial charge in [0.1, 0.15) is 0 Å². The molecular weight excluding hydrogens is 272 g/mol. The van der Waals surface area contributed by atoms with Crippen LogP contribution in [0.25, 0.3) is 0 Å². The third-order valence-electron chi connectivity index (χ3n) is 4.33. The fourth-order valence-corrected chi connectivity index (χ4v) is 3.08. The predicted molar refractivity (Wildman–Crippen MR) is 89.1 cm³/mol. The Morgan fingerprint density at radius 2 is 2.05 bits per heavy atom. The first-order valence-electron chi connectivity index (χ1n) is 8.00. The Morgan fingerprint density at radius 3 is 2.77 bits per heavy atom. The van der Waals surface area contributed by atoms with E-state index in [1.807, 2.05) is 24.3 Å². The van der Waals surface area contributed by atoms with E-state index in [1.54, 1.807) is 6.20 Å². The lowest BCUT2D eigenvalue weighted by Crippen LogP contribution is -2.24. The Labute approximate surface area is 131 Å². The van der Waals surface area contributed by atoms with Crippen molar-refractivity contribution in [1.29, 1.82) is 0 Å². The van der Waals surface area contributed by atoms with Crippen molar-refractivity contribution in [3.8, 4) is 0 Å². The third kappa shape index (κ3) is 3.03. The van der Waals surface area contributed by atoms with Crippen molar-refractivity contribution in [2.24, 2.45) is 0 Å². The molecule has 0 radical (unpaired) electrons. The number of carbonyl (C=O) groups is 1. The van der Waals surface area contributed by atoms with Gasteiger partial charge in [-0.2, -0.15) is 0 Å². The topological polar surface area (TPSA) is 42.0 Å². The molecule has 1 amide bonds. The van der Waals surface area contributed by atoms with Crippen LogP contribution in [-0.4, -0.2) is 10.9 Å². The molecule has 2 aromatic rings. The van der Waals surface area contributed by atoms with Crippen LogP contribution in [0.3, 0.4) is 0 Å². The number of nitrogens with zero attached hydrogens (tertiary/aromatic N) is 1. The van der Waals surface area contributed by atoms with Gasteiger partial charge in [0.05, 0.1) is 17.8 Å². The van der Waals surface area contributed by atoms with E-state index in [2.05, 4.69) is 36.3 Å². The molecule has 3 nitrogen and oxygen atoms in total. The summed E-state index contributed by atoms with van der Waals surface area (Å²) in [6, 6.07) is 12.2. The molecule has 1 aliphatic carbocycles. The first-order chi connectivity index (χ1) is 10.6. The van der Waals surface area contributed by atoms with Gasteiger partial charge in [0, 0.05) is 5.69 Å². The number of rotatable bonds is 3. The minimum atomic E-state index is -0.0466. The quantitative estimate of drug-likeness (QED) is 0.918. The number of hydrogen-bond donors (Lipinski definition) is 1. The van der Waals surface area contributed by atoms with Gasteiger partial charge in [0.15, 0.2) is 0 Å². The summed E-state index contributed by atoms with van der Waals surface area (Å²) in [6.45, 7) is 4.22. The van der Waals surface area contributed by atoms with E-state index in [0.29, 0.717) is 5.92 Å². The van der Waals surface area contributed by atoms with Gasteiger partial charge < -0.3 is 5.32 Å². The van der Waals surface area contributed by atoms with Gasteiger partial charge in [0.2, 0.25) is 5.91 Å². The van der Waals surface area contributed by atoms with E-state index in [9.17, 15) is 4.79 Å². The van der Waals surface area contributed by atoms with Gasteiger partial charge in [-0.3, -0.25) is 9.78 Å². The minimum Gasteiger partial charge on any atom is -0.324 e. The molecule has 1 unspecified atom stereocenters. The fourth-order valence-electron chi connectivity index (χ4n) is 3.08. The van der Waals surface area contributed by atoms with E-state index < -0.39 is 0 Å². The Hall–Kier alpha value is -2.16. The molecule has 3 rings (SSSR count). The molecule has 22 heavy (non-hydrogen) atoms. The highest BCUT2D eigenvalue weighted by molar-refractivity contribution is 5.96. The molecule has 0 fully saturated rings. The SMILES string of the molecule is CC(C)c1ccc(NC(=O)C2CCCc3ccccc32)cn1. The molecule has 1 N–H and O–H groups in total. The second kappa shape index (κ2) is 6.30. The van der Waals surface area contributed by atoms with Gasteiger partial charge in [-0.1, -0.05) is 38.1 Å². The number of fused-ring (bicyclic) bond motifs is 1. The molecule has 3 heteroatoms. The van der Waals surface area contributed by atoms with Crippen molar-refractivity contribution in [3.63, 3.8) is 0 Å². The van der Waals surface area contributed by atoms with Crippen LogP contribution in [0, 0.1) is 0 Å². The number of benzene rings is 1. The van der Waals surface area contributed by atoms with E-state index in [1.165, 1.54) is 11.1 Å². The Bertz CT molecular complexity index is 661. The normalized spacial score (nSPS) is 17.1. The highest BCUT2D eigenvalue weighted by atomic mass is 16.1. The molecule has 0 aliphatic heterocycles. The number of aromatic nitrogens is 1. The van der Waals surface area contributed by atoms with Crippen LogP contribution in [0.15, 0.2) is 42.6 Å². The van der Waals surface area contributed by atoms with E-state index in [4.69, 9.17) is 0 Å². The van der Waals surface area contributed by atoms with Crippen LogP contribution in [0.4, 0.5) is 5.69 Å². The molecule has 1 aliphatic rings. The van der Waals surface area contributed by atoms with Crippen molar-refractivity contribution in [2.75, 3.05) is 5.32 Å². The zero-order valence-corrected chi connectivity index (χ0v) is 13.2. The van der Waals surface area contributed by atoms with E-state index in [0.717, 1.165) is 30.6 Å². The molecule has 114 valence electrons. The molecule has 1 heterocycles. The standard InChI is InChI=1S/C19H22N2O/c1-13(2)18-11-10-15(12-20-18)21-19(22)17-9-5-7-14-6-3-4-8-16(14)17/h3-4,6,8,10-13,17H,5,7,9H2,1-2H3,(H,21,22). The highest BCUT2D eigenvalue weighted by Crippen LogP contribution is 2.32. The number of nitrogens with one attached hydrogen (secondary N) is 1. The van der Waals surface area contributed by atoms with Crippen molar-refractivity contribution in [2.45, 2.75) is 44.9 Å². The minimum absolute atomic E-state index is 0.0466. The zero-order chi connectivity index (χ0) is 15.5. The lowest BCUT2D eigenvalue weighted by molar-refractivity contribution is -0.117. The van der Waals surface area contributed by atoms with Gasteiger partial charge >= 0.3 is 0 Å². The highest BCUT2D eigenvalue weighted by Gasteiger charge is 2.26. The molecule has 1 aromatic carbocycles. The van der Waals surface area contributed by atoms with Crippen LogP contribution in [0.2, 0.25) is 0 Å². The number of pyridine rings is 1. The van der Waals surface area contributed by atoms with Gasteiger partial charge in [0.25, 0.3) is 0 Å². The number of carbonyl (C=O) groups excluding carboxylic acids is 1. The maximum atomic E-state index is 12.6. The largest absolute Gasteiger partial charge is 0.324 e. The first kappa shape index (κ1) is 14.8. The van der Waals surface area contributed by atoms with Crippen LogP contribution in [0.5, 0.6) is 0 Å². The molecule has 0 spiro atoms. The number of aryl methyl sites for hydroxylation is 1. The maximum absolute atomic E-state index is 12.6. The van der Waals surface area contributed by atoms with Crippen LogP contribution in [0.1, 0.15) is 55.3 Å². The van der Waals surface area contributed by atoms with Crippen LogP contribution >= 0.6 is 0 Å². The smallest absolute Gasteiger partial charge is 0.231 e. The average molecular weight is 294 g/mol. The van der Waals surface area contributed by atoms with Gasteiger partial charge in [-0.05, 0) is 48.4 Å². The van der Waals surface area contributed by atoms with Gasteiger partial charge in [-0.25, -0.2) is 0 Å². The number of anilines is 1. The van der Waals surface area contributed by atoms with Crippen molar-refractivity contribution in [3.05, 3.63) is 59.4 Å². The van der Waals surface area contributed by atoms with E-state index in [-0.39, 0.29) is 11.8 Å². The first-order valence-corrected chi connectivity index (χ1v) is 8.00. The summed E-state index contributed by atoms with van der Waals surface area (Å²) in [5.41, 5.74) is 4.30. The number of amides is 1. The van der Waals surface area contributed by atoms with Crippen molar-refractivity contribution >= 4 is 11.6 Å². The second-order valence-electron chi connectivity index (χ2n) is 6.26. The molecule has 0 saturated heterocycles. The third-order valence-corrected chi connectivity index (χ3v) is 4.33. The van der Waals surface area contributed by atoms with Gasteiger partial charge in [-0.15, -0.1) is 0 Å². The van der Waals surface area contributed by atoms with Crippen LogP contribution < -0.4 is 5.32 Å². The fraction of sp³-hybridized carbons (Fsp3) is 0.368. The second-order valence-corrected chi connectivity index (χ2v) is 6.26. The summed E-state index contributed by atoms with van der Waals surface area (Å²) in [5, 5.41) is 3.02. The number of hydrogen-bond acceptors (Lipinski definition) is 2. The molecular formula is C19H22N2O. The molecule has 0 bridgehead atoms. The Balaban J connectivity index is 1.75. The average Bonchev–Trinajstić information content (AvgIpc) is 2.54. The predicted octanol–water partition coefficient (Wildman–Crippen LogP) is 4.26. The summed E-state index contributed by atoms with van der Waals surface area (Å²) < 4.78 is 0. The van der Waals surface area contributed by atoms with Crippen LogP contribution in [-0.2, 0) is 11.2 Å². The zero-order valence-electron chi connectivity index (χ0n) is 13.2. The Kier molecular flexibility index (Phi) is 4.23. The Morgan fingerprint density at radius 1 is 1.23 bits per heavy atom. The molecule has 0 saturated carbocycles.